The van der Waals surface area contributed by atoms with Crippen LogP contribution in [0.2, 0.25) is 0 Å². The third-order valence-corrected chi connectivity index (χ3v) is 5.29. The minimum atomic E-state index is 0.412. The van der Waals surface area contributed by atoms with E-state index in [1.54, 1.807) is 14.2 Å². The number of methoxy groups -OCH3 is 2. The third-order valence-electron chi connectivity index (χ3n) is 5.29. The number of rotatable bonds is 4. The van der Waals surface area contributed by atoms with E-state index in [2.05, 4.69) is 20.9 Å². The number of hydrogen-bond donors (Lipinski definition) is 0. The zero-order valence-electron chi connectivity index (χ0n) is 14.5. The Morgan fingerprint density at radius 1 is 1.21 bits per heavy atom. The largest absolute Gasteiger partial charge is 0.493 e. The highest BCUT2D eigenvalue weighted by atomic mass is 16.5. The number of ether oxygens (including phenoxy) is 2. The fraction of sp³-hybridized carbons (Fsp3) is 0.474. The summed E-state index contributed by atoms with van der Waals surface area (Å²) < 4.78 is 11.0. The van der Waals surface area contributed by atoms with Crippen molar-refractivity contribution in [3.8, 4) is 11.5 Å². The van der Waals surface area contributed by atoms with Crippen molar-refractivity contribution in [3.63, 3.8) is 0 Å². The first-order chi connectivity index (χ1) is 11.7. The molecule has 4 rings (SSSR count). The summed E-state index contributed by atoms with van der Waals surface area (Å²) in [6.07, 6.45) is 5.43. The summed E-state index contributed by atoms with van der Waals surface area (Å²) in [5, 5.41) is 0. The minimum Gasteiger partial charge on any atom is -0.493 e. The van der Waals surface area contributed by atoms with Gasteiger partial charge in [-0.05, 0) is 25.8 Å². The van der Waals surface area contributed by atoms with Gasteiger partial charge in [-0.2, -0.15) is 0 Å². The predicted molar refractivity (Wildman–Crippen MR) is 91.3 cm³/mol. The normalized spacial score (nSPS) is 22.3. The number of aromatic nitrogens is 2. The lowest BCUT2D eigenvalue weighted by Gasteiger charge is -2.36. The average Bonchev–Trinajstić information content (AvgIpc) is 2.87. The van der Waals surface area contributed by atoms with E-state index in [-0.39, 0.29) is 0 Å². The number of fused-ring (bicyclic) bond motifs is 4. The van der Waals surface area contributed by atoms with E-state index in [1.807, 2.05) is 25.3 Å². The van der Waals surface area contributed by atoms with Crippen LogP contribution in [0.5, 0.6) is 11.5 Å². The monoisotopic (exact) mass is 325 g/mol. The van der Waals surface area contributed by atoms with Crippen molar-refractivity contribution in [3.05, 3.63) is 47.0 Å². The number of para-hydroxylation sites is 1. The van der Waals surface area contributed by atoms with E-state index < -0.39 is 0 Å². The molecular formula is C19H23N3O2. The Bertz CT molecular complexity index is 762. The molecule has 0 radical (unpaired) electrons. The lowest BCUT2D eigenvalue weighted by Crippen LogP contribution is -2.37. The summed E-state index contributed by atoms with van der Waals surface area (Å²) in [4.78, 5) is 11.7. The molecule has 1 aromatic carbocycles. The maximum absolute atomic E-state index is 5.61. The standard InChI is InChI=1S/C19H23N3O2/c1-12-20-10-15-16(21-12)9-14-7-8-17(15)22(14)11-13-5-4-6-18(23-2)19(13)24-3/h4-6,10,14,17H,7-9,11H2,1-3H3/t14-,17+/m0/s1. The average molecular weight is 325 g/mol. The third kappa shape index (κ3) is 2.44. The highest BCUT2D eigenvalue weighted by molar-refractivity contribution is 5.46. The fourth-order valence-corrected chi connectivity index (χ4v) is 4.20. The molecule has 0 amide bonds. The Labute approximate surface area is 142 Å². The second kappa shape index (κ2) is 6.06. The molecule has 0 N–H and O–H groups in total. The molecule has 0 unspecified atom stereocenters. The maximum atomic E-state index is 5.61. The molecule has 1 fully saturated rings. The maximum Gasteiger partial charge on any atom is 0.165 e. The van der Waals surface area contributed by atoms with Gasteiger partial charge in [0.2, 0.25) is 0 Å². The molecule has 3 heterocycles. The first-order valence-electron chi connectivity index (χ1n) is 8.49. The fourth-order valence-electron chi connectivity index (χ4n) is 4.20. The number of benzene rings is 1. The van der Waals surface area contributed by atoms with Gasteiger partial charge in [0.15, 0.2) is 11.5 Å². The van der Waals surface area contributed by atoms with Crippen LogP contribution in [0.25, 0.3) is 0 Å². The molecule has 2 aromatic rings. The zero-order valence-corrected chi connectivity index (χ0v) is 14.5. The first kappa shape index (κ1) is 15.4. The highest BCUT2D eigenvalue weighted by Gasteiger charge is 2.41. The van der Waals surface area contributed by atoms with E-state index in [0.29, 0.717) is 12.1 Å². The SMILES string of the molecule is COc1cccc(CN2[C@H]3CC[C@@H]2c2cnc(C)nc2C3)c1OC. The van der Waals surface area contributed by atoms with Crippen LogP contribution in [0.1, 0.15) is 41.5 Å². The number of aryl methyl sites for hydroxylation is 1. The first-order valence-corrected chi connectivity index (χ1v) is 8.49. The van der Waals surface area contributed by atoms with E-state index >= 15 is 0 Å². The molecule has 2 bridgehead atoms. The van der Waals surface area contributed by atoms with Crippen LogP contribution >= 0.6 is 0 Å². The highest BCUT2D eigenvalue weighted by Crippen LogP contribution is 2.44. The molecule has 0 saturated carbocycles. The smallest absolute Gasteiger partial charge is 0.165 e. The van der Waals surface area contributed by atoms with Crippen molar-refractivity contribution in [2.45, 2.75) is 44.8 Å². The van der Waals surface area contributed by atoms with E-state index in [1.165, 1.54) is 29.7 Å². The quantitative estimate of drug-likeness (QED) is 0.864. The summed E-state index contributed by atoms with van der Waals surface area (Å²) in [6.45, 7) is 2.83. The molecule has 1 aromatic heterocycles. The van der Waals surface area contributed by atoms with Crippen molar-refractivity contribution < 1.29 is 9.47 Å². The topological polar surface area (TPSA) is 47.5 Å². The van der Waals surface area contributed by atoms with E-state index in [4.69, 9.17) is 9.47 Å². The van der Waals surface area contributed by atoms with Gasteiger partial charge in [-0.25, -0.2) is 9.97 Å². The Morgan fingerprint density at radius 3 is 2.88 bits per heavy atom. The molecule has 2 atom stereocenters. The van der Waals surface area contributed by atoms with Gasteiger partial charge in [0.1, 0.15) is 5.82 Å². The van der Waals surface area contributed by atoms with Gasteiger partial charge in [-0.15, -0.1) is 0 Å². The van der Waals surface area contributed by atoms with Crippen LogP contribution in [-0.2, 0) is 13.0 Å². The Morgan fingerprint density at radius 2 is 2.08 bits per heavy atom. The lowest BCUT2D eigenvalue weighted by molar-refractivity contribution is 0.163. The van der Waals surface area contributed by atoms with Gasteiger partial charge in [0, 0.05) is 42.4 Å². The Hall–Kier alpha value is -2.14. The van der Waals surface area contributed by atoms with Crippen molar-refractivity contribution in [1.82, 2.24) is 14.9 Å². The second-order valence-electron chi connectivity index (χ2n) is 6.60. The molecule has 5 heteroatoms. The van der Waals surface area contributed by atoms with Gasteiger partial charge in [0.25, 0.3) is 0 Å². The van der Waals surface area contributed by atoms with Gasteiger partial charge < -0.3 is 9.47 Å². The van der Waals surface area contributed by atoms with Crippen LogP contribution in [0.4, 0.5) is 0 Å². The molecule has 1 saturated heterocycles. The minimum absolute atomic E-state index is 0.412. The molecule has 2 aliphatic rings. The predicted octanol–water partition coefficient (Wildman–Crippen LogP) is 3.06. The van der Waals surface area contributed by atoms with Crippen LogP contribution < -0.4 is 9.47 Å². The van der Waals surface area contributed by atoms with Crippen LogP contribution in [0.3, 0.4) is 0 Å². The Balaban J connectivity index is 1.66. The molecule has 0 aliphatic carbocycles. The van der Waals surface area contributed by atoms with Crippen molar-refractivity contribution in [2.24, 2.45) is 0 Å². The zero-order chi connectivity index (χ0) is 16.7. The van der Waals surface area contributed by atoms with Crippen LogP contribution in [-0.4, -0.2) is 35.1 Å². The molecular weight excluding hydrogens is 302 g/mol. The van der Waals surface area contributed by atoms with Gasteiger partial charge in [0.05, 0.1) is 19.9 Å². The summed E-state index contributed by atoms with van der Waals surface area (Å²) in [7, 11) is 3.39. The summed E-state index contributed by atoms with van der Waals surface area (Å²) >= 11 is 0. The van der Waals surface area contributed by atoms with Crippen molar-refractivity contribution >= 4 is 0 Å². The molecule has 24 heavy (non-hydrogen) atoms. The second-order valence-corrected chi connectivity index (χ2v) is 6.60. The lowest BCUT2D eigenvalue weighted by atomic mass is 9.98. The summed E-state index contributed by atoms with van der Waals surface area (Å²) in [5.74, 6) is 2.50. The van der Waals surface area contributed by atoms with Crippen molar-refractivity contribution in [1.29, 1.82) is 0 Å². The molecule has 5 nitrogen and oxygen atoms in total. The number of nitrogens with zero attached hydrogens (tertiary/aromatic N) is 3. The summed E-state index contributed by atoms with van der Waals surface area (Å²) in [6, 6.07) is 7.06. The van der Waals surface area contributed by atoms with Crippen LogP contribution in [0.15, 0.2) is 24.4 Å². The molecule has 2 aliphatic heterocycles. The summed E-state index contributed by atoms with van der Waals surface area (Å²) in [5.41, 5.74) is 3.71. The number of hydrogen-bond acceptors (Lipinski definition) is 5. The van der Waals surface area contributed by atoms with Crippen molar-refractivity contribution in [2.75, 3.05) is 14.2 Å². The Kier molecular flexibility index (Phi) is 3.88. The molecule has 0 spiro atoms. The van der Waals surface area contributed by atoms with Crippen LogP contribution in [0, 0.1) is 6.92 Å². The van der Waals surface area contributed by atoms with Gasteiger partial charge in [-0.1, -0.05) is 12.1 Å². The van der Waals surface area contributed by atoms with E-state index in [0.717, 1.165) is 30.3 Å². The van der Waals surface area contributed by atoms with E-state index in [9.17, 15) is 0 Å². The molecule has 126 valence electrons. The van der Waals surface area contributed by atoms with Gasteiger partial charge in [-0.3, -0.25) is 4.90 Å². The van der Waals surface area contributed by atoms with Gasteiger partial charge >= 0.3 is 0 Å².